The van der Waals surface area contributed by atoms with Crippen LogP contribution >= 0.6 is 0 Å². The van der Waals surface area contributed by atoms with Gasteiger partial charge in [-0.1, -0.05) is 0 Å². The normalized spacial score (nSPS) is 15.9. The molecule has 1 aliphatic heterocycles. The number of nitrogens with zero attached hydrogens (tertiary/aromatic N) is 1. The SMILES string of the molecule is CN(CCC1CCNCC1)C(=O)Nc1ccc(F)cc1. The topological polar surface area (TPSA) is 44.4 Å². The number of anilines is 1. The van der Waals surface area contributed by atoms with Gasteiger partial charge in [0.25, 0.3) is 0 Å². The van der Waals surface area contributed by atoms with Crippen LogP contribution in [-0.4, -0.2) is 37.6 Å². The molecule has 0 atom stereocenters. The van der Waals surface area contributed by atoms with Gasteiger partial charge in [-0.25, -0.2) is 9.18 Å². The monoisotopic (exact) mass is 279 g/mol. The standard InChI is InChI=1S/C15H22FN3O/c1-19(11-8-12-6-9-17-10-7-12)15(20)18-14-4-2-13(16)3-5-14/h2-5,12,17H,6-11H2,1H3,(H,18,20). The number of amides is 2. The van der Waals surface area contributed by atoms with Crippen molar-refractivity contribution in [3.8, 4) is 0 Å². The maximum absolute atomic E-state index is 12.8. The summed E-state index contributed by atoms with van der Waals surface area (Å²) in [6.45, 7) is 2.91. The number of hydrogen-bond donors (Lipinski definition) is 2. The fraction of sp³-hybridized carbons (Fsp3) is 0.533. The summed E-state index contributed by atoms with van der Waals surface area (Å²) in [7, 11) is 1.79. The average molecular weight is 279 g/mol. The molecule has 1 aliphatic rings. The lowest BCUT2D eigenvalue weighted by Gasteiger charge is -2.25. The molecule has 4 nitrogen and oxygen atoms in total. The second kappa shape index (κ2) is 7.24. The summed E-state index contributed by atoms with van der Waals surface area (Å²) in [5.74, 6) is 0.402. The smallest absolute Gasteiger partial charge is 0.321 e. The van der Waals surface area contributed by atoms with Crippen LogP contribution in [0.3, 0.4) is 0 Å². The van der Waals surface area contributed by atoms with Gasteiger partial charge in [-0.3, -0.25) is 0 Å². The van der Waals surface area contributed by atoms with Crippen LogP contribution in [0.25, 0.3) is 0 Å². The first-order valence-corrected chi connectivity index (χ1v) is 7.13. The summed E-state index contributed by atoms with van der Waals surface area (Å²) >= 11 is 0. The Hall–Kier alpha value is -1.62. The van der Waals surface area contributed by atoms with Gasteiger partial charge in [0.05, 0.1) is 0 Å². The van der Waals surface area contributed by atoms with E-state index in [4.69, 9.17) is 0 Å². The van der Waals surface area contributed by atoms with E-state index in [1.165, 1.54) is 25.0 Å². The molecular formula is C15H22FN3O. The minimum absolute atomic E-state index is 0.148. The van der Waals surface area contributed by atoms with Crippen molar-refractivity contribution in [2.75, 3.05) is 32.0 Å². The Kier molecular flexibility index (Phi) is 5.35. The van der Waals surface area contributed by atoms with Gasteiger partial charge in [-0.05, 0) is 62.5 Å². The van der Waals surface area contributed by atoms with Crippen molar-refractivity contribution in [2.45, 2.75) is 19.3 Å². The van der Waals surface area contributed by atoms with E-state index in [2.05, 4.69) is 10.6 Å². The van der Waals surface area contributed by atoms with Crippen LogP contribution in [0.15, 0.2) is 24.3 Å². The Bertz CT molecular complexity index is 429. The zero-order valence-electron chi connectivity index (χ0n) is 11.9. The molecule has 1 aromatic rings. The van der Waals surface area contributed by atoms with E-state index in [0.29, 0.717) is 11.6 Å². The first-order valence-electron chi connectivity index (χ1n) is 7.13. The second-order valence-corrected chi connectivity index (χ2v) is 5.34. The largest absolute Gasteiger partial charge is 0.328 e. The number of urea groups is 1. The summed E-state index contributed by atoms with van der Waals surface area (Å²) in [5, 5.41) is 6.10. The summed E-state index contributed by atoms with van der Waals surface area (Å²) in [6.07, 6.45) is 3.41. The van der Waals surface area contributed by atoms with Crippen LogP contribution < -0.4 is 10.6 Å². The van der Waals surface area contributed by atoms with Crippen LogP contribution in [0, 0.1) is 11.7 Å². The van der Waals surface area contributed by atoms with E-state index in [1.54, 1.807) is 24.1 Å². The van der Waals surface area contributed by atoms with Gasteiger partial charge in [0.15, 0.2) is 0 Å². The minimum atomic E-state index is -0.303. The lowest BCUT2D eigenvalue weighted by Crippen LogP contribution is -2.34. The van der Waals surface area contributed by atoms with Gasteiger partial charge >= 0.3 is 6.03 Å². The van der Waals surface area contributed by atoms with E-state index in [9.17, 15) is 9.18 Å². The number of piperidine rings is 1. The zero-order valence-corrected chi connectivity index (χ0v) is 11.9. The fourth-order valence-electron chi connectivity index (χ4n) is 2.40. The molecule has 0 unspecified atom stereocenters. The number of hydrogen-bond acceptors (Lipinski definition) is 2. The quantitative estimate of drug-likeness (QED) is 0.890. The summed E-state index contributed by atoms with van der Waals surface area (Å²) in [4.78, 5) is 13.7. The van der Waals surface area contributed by atoms with Crippen molar-refractivity contribution in [3.05, 3.63) is 30.1 Å². The number of benzene rings is 1. The Labute approximate surface area is 119 Å². The number of halogens is 1. The predicted octanol–water partition coefficient (Wildman–Crippen LogP) is 2.68. The number of carbonyl (C=O) groups is 1. The zero-order chi connectivity index (χ0) is 14.4. The number of nitrogens with one attached hydrogen (secondary N) is 2. The first kappa shape index (κ1) is 14.8. The molecular weight excluding hydrogens is 257 g/mol. The fourth-order valence-corrected chi connectivity index (χ4v) is 2.40. The lowest BCUT2D eigenvalue weighted by molar-refractivity contribution is 0.216. The second-order valence-electron chi connectivity index (χ2n) is 5.34. The number of carbonyl (C=O) groups excluding carboxylic acids is 1. The highest BCUT2D eigenvalue weighted by atomic mass is 19.1. The molecule has 2 amide bonds. The molecule has 0 bridgehead atoms. The highest BCUT2D eigenvalue weighted by molar-refractivity contribution is 5.89. The third-order valence-electron chi connectivity index (χ3n) is 3.77. The van der Waals surface area contributed by atoms with Gasteiger partial charge < -0.3 is 15.5 Å². The van der Waals surface area contributed by atoms with Crippen molar-refractivity contribution in [1.29, 1.82) is 0 Å². The maximum atomic E-state index is 12.8. The van der Waals surface area contributed by atoms with Crippen LogP contribution in [0.1, 0.15) is 19.3 Å². The molecule has 0 radical (unpaired) electrons. The van der Waals surface area contributed by atoms with Gasteiger partial charge in [0.2, 0.25) is 0 Å². The van der Waals surface area contributed by atoms with Crippen LogP contribution in [0.5, 0.6) is 0 Å². The molecule has 2 N–H and O–H groups in total. The molecule has 110 valence electrons. The predicted molar refractivity (Wildman–Crippen MR) is 78.3 cm³/mol. The molecule has 1 fully saturated rings. The van der Waals surface area contributed by atoms with E-state index in [0.717, 1.165) is 26.1 Å². The van der Waals surface area contributed by atoms with Crippen molar-refractivity contribution in [2.24, 2.45) is 5.92 Å². The van der Waals surface area contributed by atoms with E-state index >= 15 is 0 Å². The van der Waals surface area contributed by atoms with E-state index in [-0.39, 0.29) is 11.8 Å². The van der Waals surface area contributed by atoms with Crippen LogP contribution in [0.4, 0.5) is 14.9 Å². The molecule has 1 heterocycles. The summed E-state index contributed by atoms with van der Waals surface area (Å²) < 4.78 is 12.8. The summed E-state index contributed by atoms with van der Waals surface area (Å²) in [6, 6.07) is 5.65. The van der Waals surface area contributed by atoms with E-state index < -0.39 is 0 Å². The maximum Gasteiger partial charge on any atom is 0.321 e. The van der Waals surface area contributed by atoms with E-state index in [1.807, 2.05) is 0 Å². The van der Waals surface area contributed by atoms with Crippen molar-refractivity contribution in [3.63, 3.8) is 0 Å². The Morgan fingerprint density at radius 3 is 2.65 bits per heavy atom. The Morgan fingerprint density at radius 1 is 1.35 bits per heavy atom. The highest BCUT2D eigenvalue weighted by Gasteiger charge is 2.15. The molecule has 1 aromatic carbocycles. The molecule has 0 aromatic heterocycles. The molecule has 20 heavy (non-hydrogen) atoms. The van der Waals surface area contributed by atoms with Gasteiger partial charge in [0, 0.05) is 19.3 Å². The Morgan fingerprint density at radius 2 is 2.00 bits per heavy atom. The Balaban J connectivity index is 1.75. The average Bonchev–Trinajstić information content (AvgIpc) is 2.48. The van der Waals surface area contributed by atoms with Crippen LogP contribution in [0.2, 0.25) is 0 Å². The molecule has 5 heteroatoms. The highest BCUT2D eigenvalue weighted by Crippen LogP contribution is 2.16. The third kappa shape index (κ3) is 4.49. The minimum Gasteiger partial charge on any atom is -0.328 e. The molecule has 2 rings (SSSR count). The molecule has 0 aliphatic carbocycles. The summed E-state index contributed by atoms with van der Waals surface area (Å²) in [5.41, 5.74) is 0.616. The molecule has 0 saturated carbocycles. The van der Waals surface area contributed by atoms with Gasteiger partial charge in [-0.15, -0.1) is 0 Å². The van der Waals surface area contributed by atoms with Crippen molar-refractivity contribution < 1.29 is 9.18 Å². The molecule has 1 saturated heterocycles. The lowest BCUT2D eigenvalue weighted by atomic mass is 9.94. The van der Waals surface area contributed by atoms with Crippen molar-refractivity contribution in [1.82, 2.24) is 10.2 Å². The van der Waals surface area contributed by atoms with Crippen molar-refractivity contribution >= 4 is 11.7 Å². The van der Waals surface area contributed by atoms with Gasteiger partial charge in [0.1, 0.15) is 5.82 Å². The number of rotatable bonds is 4. The third-order valence-corrected chi connectivity index (χ3v) is 3.77. The van der Waals surface area contributed by atoms with Crippen LogP contribution in [-0.2, 0) is 0 Å². The molecule has 0 spiro atoms. The van der Waals surface area contributed by atoms with Gasteiger partial charge in [-0.2, -0.15) is 0 Å². The first-order chi connectivity index (χ1) is 9.65.